The number of rotatable bonds is 4. The largest absolute Gasteiger partial charge is 0.309 e. The molecular formula is C45H25N5. The Kier molecular flexibility index (Phi) is 6.56. The van der Waals surface area contributed by atoms with E-state index >= 15 is 0 Å². The average molecular weight is 636 g/mol. The quantitative estimate of drug-likeness (QED) is 0.193. The molecule has 0 saturated heterocycles. The average Bonchev–Trinajstić information content (AvgIpc) is 3.69. The molecule has 7 aromatic carbocycles. The molecule has 0 unspecified atom stereocenters. The number of nitriles is 3. The molecule has 50 heavy (non-hydrogen) atoms. The van der Waals surface area contributed by atoms with Crippen LogP contribution in [-0.2, 0) is 0 Å². The highest BCUT2D eigenvalue weighted by atomic mass is 15.0. The van der Waals surface area contributed by atoms with Gasteiger partial charge >= 0.3 is 0 Å². The Labute approximate surface area is 287 Å². The van der Waals surface area contributed by atoms with Gasteiger partial charge in [0.25, 0.3) is 0 Å². The van der Waals surface area contributed by atoms with E-state index in [1.54, 1.807) is 12.1 Å². The van der Waals surface area contributed by atoms with Crippen LogP contribution in [0.2, 0.25) is 0 Å². The van der Waals surface area contributed by atoms with Crippen molar-refractivity contribution in [1.29, 1.82) is 15.8 Å². The van der Waals surface area contributed by atoms with E-state index in [0.717, 1.165) is 66.5 Å². The minimum absolute atomic E-state index is 0.518. The Hall–Kier alpha value is -7.39. The summed E-state index contributed by atoms with van der Waals surface area (Å²) in [6, 6.07) is 58.0. The molecule has 0 N–H and O–H groups in total. The van der Waals surface area contributed by atoms with Crippen LogP contribution in [0.5, 0.6) is 0 Å². The highest BCUT2D eigenvalue weighted by Crippen LogP contribution is 2.41. The fraction of sp³-hybridized carbons (Fsp3) is 0. The normalized spacial score (nSPS) is 11.1. The third-order valence-corrected chi connectivity index (χ3v) is 9.64. The van der Waals surface area contributed by atoms with Crippen molar-refractivity contribution in [2.24, 2.45) is 0 Å². The highest BCUT2D eigenvalue weighted by molar-refractivity contribution is 6.11. The van der Waals surface area contributed by atoms with Crippen molar-refractivity contribution in [2.45, 2.75) is 0 Å². The summed E-state index contributed by atoms with van der Waals surface area (Å²) in [7, 11) is 0. The molecule has 0 radical (unpaired) electrons. The zero-order valence-electron chi connectivity index (χ0n) is 26.7. The summed E-state index contributed by atoms with van der Waals surface area (Å²) in [5.41, 5.74) is 11.5. The summed E-state index contributed by atoms with van der Waals surface area (Å²) in [5.74, 6) is 0. The van der Waals surface area contributed by atoms with Crippen molar-refractivity contribution >= 4 is 43.6 Å². The summed E-state index contributed by atoms with van der Waals surface area (Å²) >= 11 is 0. The molecule has 0 amide bonds. The van der Waals surface area contributed by atoms with Gasteiger partial charge < -0.3 is 9.13 Å². The number of nitrogens with zero attached hydrogens (tertiary/aromatic N) is 5. The maximum absolute atomic E-state index is 10.4. The first-order valence-electron chi connectivity index (χ1n) is 16.3. The number of fused-ring (bicyclic) bond motifs is 6. The van der Waals surface area contributed by atoms with Gasteiger partial charge in [0, 0.05) is 27.1 Å². The van der Waals surface area contributed by atoms with Gasteiger partial charge in [-0.2, -0.15) is 15.8 Å². The van der Waals surface area contributed by atoms with E-state index < -0.39 is 0 Å². The molecule has 2 heterocycles. The van der Waals surface area contributed by atoms with Gasteiger partial charge in [0.1, 0.15) is 6.07 Å². The maximum Gasteiger partial charge on any atom is 0.101 e. The van der Waals surface area contributed by atoms with Crippen molar-refractivity contribution in [1.82, 2.24) is 9.13 Å². The van der Waals surface area contributed by atoms with Crippen LogP contribution in [0.25, 0.3) is 77.2 Å². The maximum atomic E-state index is 10.4. The number of aromatic nitrogens is 2. The molecule has 5 heteroatoms. The Bertz CT molecular complexity index is 2850. The molecule has 0 aliphatic heterocycles. The van der Waals surface area contributed by atoms with E-state index in [4.69, 9.17) is 0 Å². The molecule has 5 nitrogen and oxygen atoms in total. The Morgan fingerprint density at radius 2 is 0.860 bits per heavy atom. The van der Waals surface area contributed by atoms with Crippen molar-refractivity contribution in [3.05, 3.63) is 168 Å². The lowest BCUT2D eigenvalue weighted by molar-refractivity contribution is 1.17. The van der Waals surface area contributed by atoms with Crippen LogP contribution in [0.4, 0.5) is 0 Å². The number of hydrogen-bond donors (Lipinski definition) is 0. The second-order valence-electron chi connectivity index (χ2n) is 12.3. The summed E-state index contributed by atoms with van der Waals surface area (Å²) < 4.78 is 4.42. The van der Waals surface area contributed by atoms with E-state index in [9.17, 15) is 15.8 Å². The molecule has 0 saturated carbocycles. The lowest BCUT2D eigenvalue weighted by atomic mass is 9.92. The van der Waals surface area contributed by atoms with Gasteiger partial charge in [0.05, 0.1) is 62.3 Å². The van der Waals surface area contributed by atoms with Gasteiger partial charge in [-0.1, -0.05) is 84.9 Å². The molecule has 230 valence electrons. The lowest BCUT2D eigenvalue weighted by Gasteiger charge is -2.18. The molecule has 9 aromatic rings. The molecule has 0 aliphatic carbocycles. The van der Waals surface area contributed by atoms with E-state index in [0.29, 0.717) is 16.7 Å². The Balaban J connectivity index is 1.29. The lowest BCUT2D eigenvalue weighted by Crippen LogP contribution is -2.00. The summed E-state index contributed by atoms with van der Waals surface area (Å²) in [4.78, 5) is 0. The Morgan fingerprint density at radius 3 is 1.46 bits per heavy atom. The van der Waals surface area contributed by atoms with E-state index in [1.807, 2.05) is 42.5 Å². The van der Waals surface area contributed by atoms with Crippen LogP contribution >= 0.6 is 0 Å². The van der Waals surface area contributed by atoms with Crippen molar-refractivity contribution in [2.75, 3.05) is 0 Å². The molecule has 0 fully saturated rings. The first-order valence-corrected chi connectivity index (χ1v) is 16.3. The Morgan fingerprint density at radius 1 is 0.360 bits per heavy atom. The van der Waals surface area contributed by atoms with E-state index in [2.05, 4.69) is 124 Å². The van der Waals surface area contributed by atoms with E-state index in [-0.39, 0.29) is 0 Å². The summed E-state index contributed by atoms with van der Waals surface area (Å²) in [6.07, 6.45) is 0. The molecule has 9 rings (SSSR count). The van der Waals surface area contributed by atoms with Gasteiger partial charge in [-0.15, -0.1) is 0 Å². The molecule has 0 atom stereocenters. The van der Waals surface area contributed by atoms with E-state index in [1.165, 1.54) is 10.8 Å². The van der Waals surface area contributed by atoms with Crippen molar-refractivity contribution in [3.8, 4) is 51.8 Å². The second kappa shape index (κ2) is 11.4. The van der Waals surface area contributed by atoms with Crippen LogP contribution in [-0.4, -0.2) is 9.13 Å². The third kappa shape index (κ3) is 4.31. The van der Waals surface area contributed by atoms with Gasteiger partial charge in [-0.25, -0.2) is 0 Å². The number of benzene rings is 7. The van der Waals surface area contributed by atoms with Gasteiger partial charge in [0.15, 0.2) is 0 Å². The zero-order valence-corrected chi connectivity index (χ0v) is 26.7. The molecule has 2 aromatic heterocycles. The van der Waals surface area contributed by atoms with Crippen LogP contribution in [0.1, 0.15) is 16.7 Å². The second-order valence-corrected chi connectivity index (χ2v) is 12.3. The minimum Gasteiger partial charge on any atom is -0.309 e. The van der Waals surface area contributed by atoms with Crippen LogP contribution in [0.3, 0.4) is 0 Å². The van der Waals surface area contributed by atoms with Gasteiger partial charge in [0.2, 0.25) is 0 Å². The SMILES string of the molecule is N#Cc1ccc2c(c1)c1cc(C#N)ccc1n2-c1cc(-c2ccccc2-c2ccccc2-n2c3ccccc3c3ccccc32)ccc1C#N. The topological polar surface area (TPSA) is 81.2 Å². The molecule has 0 aliphatic rings. The van der Waals surface area contributed by atoms with Crippen molar-refractivity contribution in [3.63, 3.8) is 0 Å². The predicted molar refractivity (Wildman–Crippen MR) is 200 cm³/mol. The monoisotopic (exact) mass is 635 g/mol. The first kappa shape index (κ1) is 28.8. The fourth-order valence-electron chi connectivity index (χ4n) is 7.45. The number of hydrogen-bond acceptors (Lipinski definition) is 3. The summed E-state index contributed by atoms with van der Waals surface area (Å²) in [6.45, 7) is 0. The van der Waals surface area contributed by atoms with Crippen molar-refractivity contribution < 1.29 is 0 Å². The summed E-state index contributed by atoms with van der Waals surface area (Å²) in [5, 5.41) is 33.9. The smallest absolute Gasteiger partial charge is 0.101 e. The van der Waals surface area contributed by atoms with Crippen LogP contribution < -0.4 is 0 Å². The predicted octanol–water partition coefficient (Wildman–Crippen LogP) is 10.8. The van der Waals surface area contributed by atoms with Crippen LogP contribution in [0.15, 0.2) is 152 Å². The third-order valence-electron chi connectivity index (χ3n) is 9.64. The fourth-order valence-corrected chi connectivity index (χ4v) is 7.45. The first-order chi connectivity index (χ1) is 24.7. The number of para-hydroxylation sites is 3. The molecular weight excluding hydrogens is 611 g/mol. The minimum atomic E-state index is 0.518. The highest BCUT2D eigenvalue weighted by Gasteiger charge is 2.20. The standard InChI is InChI=1S/C45H25N5/c46-26-29-17-21-43-38(23-29)39-24-30(27-47)18-22-44(39)50(43)45-25-31(19-20-32(45)28-48)33-9-1-2-10-34(33)35-11-3-6-14-40(35)49-41-15-7-4-12-36(41)37-13-5-8-16-42(37)49/h1-25H. The van der Waals surface area contributed by atoms with Crippen LogP contribution in [0, 0.1) is 34.0 Å². The zero-order chi connectivity index (χ0) is 33.8. The van der Waals surface area contributed by atoms with Gasteiger partial charge in [-0.05, 0) is 83.4 Å². The molecule has 0 bridgehead atoms. The van der Waals surface area contributed by atoms with Gasteiger partial charge in [-0.3, -0.25) is 0 Å². The molecule has 0 spiro atoms.